The maximum atomic E-state index is 11.3. The summed E-state index contributed by atoms with van der Waals surface area (Å²) < 4.78 is 47.4. The first-order valence-corrected chi connectivity index (χ1v) is 9.97. The van der Waals surface area contributed by atoms with Gasteiger partial charge in [-0.25, -0.2) is 0 Å². The minimum Gasteiger partial charge on any atom is -0.483 e. The first kappa shape index (κ1) is 20.8. The van der Waals surface area contributed by atoms with Crippen molar-refractivity contribution in [2.45, 2.75) is 25.9 Å². The molecular weight excluding hydrogens is 428 g/mol. The van der Waals surface area contributed by atoms with Crippen molar-refractivity contribution < 1.29 is 36.3 Å². The van der Waals surface area contributed by atoms with E-state index in [0.29, 0.717) is 5.69 Å². The predicted octanol–water partition coefficient (Wildman–Crippen LogP) is 3.22. The third-order valence-corrected chi connectivity index (χ3v) is 4.60. The second-order valence-electron chi connectivity index (χ2n) is 5.94. The van der Waals surface area contributed by atoms with Gasteiger partial charge in [0, 0.05) is 18.7 Å². The molecule has 3 aromatic rings. The zero-order chi connectivity index (χ0) is 21.2. The number of halogens is 1. The van der Waals surface area contributed by atoms with E-state index in [1.807, 2.05) is 0 Å². The van der Waals surface area contributed by atoms with E-state index >= 15 is 0 Å². The SMILES string of the molecule is C[C@@H](Oc1cc2onc(CCC(=O)O)c2c(OS(=O)(=O)O)c1Cl)c1ccccn1. The van der Waals surface area contributed by atoms with Gasteiger partial charge in [-0.15, -0.1) is 0 Å². The number of benzene rings is 1. The fourth-order valence-corrected chi connectivity index (χ4v) is 3.27. The molecule has 0 radical (unpaired) electrons. The number of ether oxygens (including phenoxy) is 1. The predicted molar refractivity (Wildman–Crippen MR) is 100 cm³/mol. The van der Waals surface area contributed by atoms with Gasteiger partial charge in [-0.3, -0.25) is 14.3 Å². The summed E-state index contributed by atoms with van der Waals surface area (Å²) in [4.78, 5) is 15.0. The molecule has 3 rings (SSSR count). The number of pyridine rings is 1. The molecule has 10 nitrogen and oxygen atoms in total. The topological polar surface area (TPSA) is 149 Å². The quantitative estimate of drug-likeness (QED) is 0.497. The van der Waals surface area contributed by atoms with E-state index in [4.69, 9.17) is 30.5 Å². The molecule has 0 bridgehead atoms. The summed E-state index contributed by atoms with van der Waals surface area (Å²) in [6, 6.07) is 6.60. The van der Waals surface area contributed by atoms with Gasteiger partial charge in [0.05, 0.1) is 23.2 Å². The second-order valence-corrected chi connectivity index (χ2v) is 7.34. The van der Waals surface area contributed by atoms with Crippen LogP contribution in [0.2, 0.25) is 5.02 Å². The molecule has 0 saturated carbocycles. The van der Waals surface area contributed by atoms with Crippen LogP contribution in [0.5, 0.6) is 11.5 Å². The molecule has 29 heavy (non-hydrogen) atoms. The van der Waals surface area contributed by atoms with Crippen LogP contribution in [0.25, 0.3) is 11.0 Å². The molecule has 0 saturated heterocycles. The van der Waals surface area contributed by atoms with E-state index in [2.05, 4.69) is 14.3 Å². The smallest absolute Gasteiger partial charge is 0.446 e. The second kappa shape index (κ2) is 8.23. The van der Waals surface area contributed by atoms with Gasteiger partial charge < -0.3 is 18.5 Å². The van der Waals surface area contributed by atoms with Gasteiger partial charge >= 0.3 is 16.4 Å². The highest BCUT2D eigenvalue weighted by Crippen LogP contribution is 2.44. The Bertz CT molecular complexity index is 1150. The number of carboxylic acid groups (broad SMARTS) is 1. The average molecular weight is 443 g/mol. The van der Waals surface area contributed by atoms with Gasteiger partial charge in [-0.1, -0.05) is 22.8 Å². The Hall–Kier alpha value is -2.89. The molecule has 0 fully saturated rings. The number of aryl methyl sites for hydroxylation is 1. The number of fused-ring (bicyclic) bond motifs is 1. The summed E-state index contributed by atoms with van der Waals surface area (Å²) in [6.07, 6.45) is 0.641. The minimum atomic E-state index is -4.95. The van der Waals surface area contributed by atoms with Crippen LogP contribution in [0.1, 0.15) is 30.8 Å². The van der Waals surface area contributed by atoms with Crippen molar-refractivity contribution in [1.82, 2.24) is 10.1 Å². The molecule has 0 amide bonds. The third-order valence-electron chi connectivity index (χ3n) is 3.87. The summed E-state index contributed by atoms with van der Waals surface area (Å²) >= 11 is 6.29. The van der Waals surface area contributed by atoms with E-state index in [1.165, 1.54) is 6.07 Å². The number of aliphatic carboxylic acids is 1. The maximum absolute atomic E-state index is 11.3. The number of carbonyl (C=O) groups is 1. The fraction of sp³-hybridized carbons (Fsp3) is 0.235. The molecule has 0 spiro atoms. The van der Waals surface area contributed by atoms with Gasteiger partial charge in [0.1, 0.15) is 16.9 Å². The summed E-state index contributed by atoms with van der Waals surface area (Å²) in [6.45, 7) is 1.70. The normalized spacial score (nSPS) is 12.7. The highest BCUT2D eigenvalue weighted by molar-refractivity contribution is 7.81. The van der Waals surface area contributed by atoms with Crippen LogP contribution < -0.4 is 8.92 Å². The van der Waals surface area contributed by atoms with Crippen LogP contribution in [0, 0.1) is 0 Å². The van der Waals surface area contributed by atoms with Gasteiger partial charge in [0.15, 0.2) is 11.3 Å². The first-order chi connectivity index (χ1) is 13.7. The largest absolute Gasteiger partial charge is 0.483 e. The molecule has 12 heteroatoms. The van der Waals surface area contributed by atoms with Crippen molar-refractivity contribution >= 4 is 38.9 Å². The molecule has 2 N–H and O–H groups in total. The molecular formula is C17H15ClN2O8S. The van der Waals surface area contributed by atoms with Gasteiger partial charge in [0.2, 0.25) is 0 Å². The molecule has 0 unspecified atom stereocenters. The standard InChI is InChI=1S/C17H15ClN2O8S/c1-9(10-4-2-3-7-19-10)26-13-8-12-15(11(20-27-12)5-6-14(21)22)17(16(13)18)28-29(23,24)25/h2-4,7-9H,5-6H2,1H3,(H,21,22)(H,23,24,25)/t9-/m1/s1. The summed E-state index contributed by atoms with van der Waals surface area (Å²) in [5, 5.41) is 12.4. The minimum absolute atomic E-state index is 0.00287. The number of hydrogen-bond donors (Lipinski definition) is 2. The van der Waals surface area contributed by atoms with E-state index in [9.17, 15) is 13.2 Å². The number of hydrogen-bond acceptors (Lipinski definition) is 8. The highest BCUT2D eigenvalue weighted by atomic mass is 35.5. The lowest BCUT2D eigenvalue weighted by Gasteiger charge is -2.16. The van der Waals surface area contributed by atoms with E-state index < -0.39 is 28.2 Å². The lowest BCUT2D eigenvalue weighted by atomic mass is 10.1. The molecule has 0 aliphatic heterocycles. The van der Waals surface area contributed by atoms with Crippen LogP contribution in [0.4, 0.5) is 0 Å². The number of carboxylic acids is 1. The van der Waals surface area contributed by atoms with Gasteiger partial charge in [-0.2, -0.15) is 8.42 Å². The first-order valence-electron chi connectivity index (χ1n) is 8.22. The molecule has 0 aliphatic rings. The Kier molecular flexibility index (Phi) is 5.91. The average Bonchev–Trinajstić information content (AvgIpc) is 3.05. The molecule has 2 aromatic heterocycles. The fourth-order valence-electron chi connectivity index (χ4n) is 2.62. The Balaban J connectivity index is 2.08. The zero-order valence-electron chi connectivity index (χ0n) is 14.9. The van der Waals surface area contributed by atoms with Crippen molar-refractivity contribution in [1.29, 1.82) is 0 Å². The van der Waals surface area contributed by atoms with E-state index in [1.54, 1.807) is 31.3 Å². The zero-order valence-corrected chi connectivity index (χ0v) is 16.5. The summed E-state index contributed by atoms with van der Waals surface area (Å²) in [5.74, 6) is -1.57. The third kappa shape index (κ3) is 4.94. The monoisotopic (exact) mass is 442 g/mol. The molecule has 154 valence electrons. The van der Waals surface area contributed by atoms with Crippen LogP contribution in [0.3, 0.4) is 0 Å². The number of nitrogens with zero attached hydrogens (tertiary/aromatic N) is 2. The maximum Gasteiger partial charge on any atom is 0.446 e. The number of rotatable bonds is 8. The Morgan fingerprint density at radius 2 is 2.14 bits per heavy atom. The van der Waals surface area contributed by atoms with Crippen molar-refractivity contribution in [3.05, 3.63) is 46.9 Å². The van der Waals surface area contributed by atoms with Crippen molar-refractivity contribution in [2.75, 3.05) is 0 Å². The van der Waals surface area contributed by atoms with Crippen molar-refractivity contribution in [3.63, 3.8) is 0 Å². The van der Waals surface area contributed by atoms with E-state index in [0.717, 1.165) is 0 Å². The lowest BCUT2D eigenvalue weighted by molar-refractivity contribution is -0.136. The Morgan fingerprint density at radius 3 is 2.76 bits per heavy atom. The van der Waals surface area contributed by atoms with Crippen LogP contribution >= 0.6 is 11.6 Å². The highest BCUT2D eigenvalue weighted by Gasteiger charge is 2.26. The van der Waals surface area contributed by atoms with Crippen LogP contribution in [-0.4, -0.2) is 34.2 Å². The van der Waals surface area contributed by atoms with Gasteiger partial charge in [0.25, 0.3) is 0 Å². The van der Waals surface area contributed by atoms with Crippen LogP contribution in [0.15, 0.2) is 35.0 Å². The number of aromatic nitrogens is 2. The van der Waals surface area contributed by atoms with Gasteiger partial charge in [-0.05, 0) is 19.1 Å². The summed E-state index contributed by atoms with van der Waals surface area (Å²) in [5.41, 5.74) is 0.726. The van der Waals surface area contributed by atoms with Crippen molar-refractivity contribution in [2.24, 2.45) is 0 Å². The van der Waals surface area contributed by atoms with Crippen LogP contribution in [-0.2, 0) is 21.6 Å². The lowest BCUT2D eigenvalue weighted by Crippen LogP contribution is -2.09. The van der Waals surface area contributed by atoms with Crippen molar-refractivity contribution in [3.8, 4) is 11.5 Å². The Labute approximate surface area is 170 Å². The molecule has 0 aliphatic carbocycles. The Morgan fingerprint density at radius 1 is 1.38 bits per heavy atom. The summed E-state index contributed by atoms with van der Waals surface area (Å²) in [7, 11) is -4.95. The van der Waals surface area contributed by atoms with E-state index in [-0.39, 0.29) is 40.3 Å². The molecule has 2 heterocycles. The molecule has 1 aromatic carbocycles. The molecule has 1 atom stereocenters.